The molecule has 0 fully saturated rings. The molecule has 7 nitrogen and oxygen atoms in total. The molecule has 2 N–H and O–H groups in total. The third-order valence-electron chi connectivity index (χ3n) is 6.69. The number of aromatic amines is 1. The predicted molar refractivity (Wildman–Crippen MR) is 141 cm³/mol. The summed E-state index contributed by atoms with van der Waals surface area (Å²) in [5.41, 5.74) is 9.31. The average Bonchev–Trinajstić information content (AvgIpc) is 3.55. The van der Waals surface area contributed by atoms with Crippen LogP contribution in [-0.2, 0) is 12.8 Å². The van der Waals surface area contributed by atoms with Crippen LogP contribution in [-0.4, -0.2) is 42.5 Å². The van der Waals surface area contributed by atoms with Gasteiger partial charge >= 0.3 is 0 Å². The van der Waals surface area contributed by atoms with Gasteiger partial charge in [0.2, 0.25) is 0 Å². The number of hydrogen-bond acceptors (Lipinski definition) is 5. The van der Waals surface area contributed by atoms with Gasteiger partial charge in [-0.25, -0.2) is 5.43 Å². The maximum absolute atomic E-state index is 12.7. The molecule has 7 heteroatoms. The van der Waals surface area contributed by atoms with Crippen molar-refractivity contribution in [1.29, 1.82) is 0 Å². The van der Waals surface area contributed by atoms with E-state index >= 15 is 0 Å². The molecule has 1 amide bonds. The standard InChI is InChI=1S/C28H29N5O2/c1-4-33(5-2)21-13-11-20(26(15-21)35-3)17-29-32-28(34)25-16-24(30-31-25)22-14-12-19-10-9-18-7-6-8-23(22)27(18)19/h6-8,11-17H,4-5,9-10H2,1-3H3,(H,30,31)(H,32,34)/b29-17-. The molecular weight excluding hydrogens is 438 g/mol. The summed E-state index contributed by atoms with van der Waals surface area (Å²) in [6, 6.07) is 18.4. The molecule has 0 spiro atoms. The van der Waals surface area contributed by atoms with Gasteiger partial charge in [0.05, 0.1) is 19.0 Å². The number of carbonyl (C=O) groups excluding carboxylic acids is 1. The predicted octanol–water partition coefficient (Wildman–Crippen LogP) is 4.95. The molecule has 35 heavy (non-hydrogen) atoms. The van der Waals surface area contributed by atoms with Crippen molar-refractivity contribution in [2.45, 2.75) is 26.7 Å². The number of rotatable bonds is 8. The molecule has 0 radical (unpaired) electrons. The zero-order valence-electron chi connectivity index (χ0n) is 20.3. The van der Waals surface area contributed by atoms with Gasteiger partial charge in [-0.15, -0.1) is 0 Å². The van der Waals surface area contributed by atoms with Gasteiger partial charge in [0, 0.05) is 36.0 Å². The van der Waals surface area contributed by atoms with Gasteiger partial charge in [0.1, 0.15) is 11.4 Å². The quantitative estimate of drug-likeness (QED) is 0.284. The molecule has 5 rings (SSSR count). The second kappa shape index (κ2) is 9.62. The van der Waals surface area contributed by atoms with Gasteiger partial charge in [-0.05, 0) is 66.8 Å². The van der Waals surface area contributed by atoms with Gasteiger partial charge in [0.25, 0.3) is 5.91 Å². The summed E-state index contributed by atoms with van der Waals surface area (Å²) < 4.78 is 5.53. The lowest BCUT2D eigenvalue weighted by molar-refractivity contribution is 0.0950. The maximum atomic E-state index is 12.7. The Kier molecular flexibility index (Phi) is 6.23. The maximum Gasteiger partial charge on any atom is 0.289 e. The highest BCUT2D eigenvalue weighted by Gasteiger charge is 2.18. The SMILES string of the molecule is CCN(CC)c1ccc(/C=N\NC(=O)c2cc(-c3ccc4c5c(cccc35)CC4)n[nH]2)c(OC)c1. The molecule has 0 saturated carbocycles. The fourth-order valence-electron chi connectivity index (χ4n) is 4.86. The van der Waals surface area contributed by atoms with Gasteiger partial charge < -0.3 is 9.64 Å². The lowest BCUT2D eigenvalue weighted by Crippen LogP contribution is -2.21. The molecule has 4 aromatic rings. The number of aryl methyl sites for hydroxylation is 2. The molecule has 0 aliphatic heterocycles. The van der Waals surface area contributed by atoms with Gasteiger partial charge in [-0.3, -0.25) is 9.89 Å². The Balaban J connectivity index is 1.32. The van der Waals surface area contributed by atoms with Crippen LogP contribution in [0.15, 0.2) is 59.7 Å². The van der Waals surface area contributed by atoms with E-state index in [4.69, 9.17) is 4.74 Å². The van der Waals surface area contributed by atoms with Crippen molar-refractivity contribution in [2.75, 3.05) is 25.1 Å². The molecule has 0 unspecified atom stereocenters. The molecule has 1 aromatic heterocycles. The third kappa shape index (κ3) is 4.25. The summed E-state index contributed by atoms with van der Waals surface area (Å²) in [6.07, 6.45) is 3.74. The van der Waals surface area contributed by atoms with E-state index in [1.165, 1.54) is 21.9 Å². The number of anilines is 1. The van der Waals surface area contributed by atoms with Crippen molar-refractivity contribution in [1.82, 2.24) is 15.6 Å². The Morgan fingerprint density at radius 3 is 2.69 bits per heavy atom. The topological polar surface area (TPSA) is 82.6 Å². The second-order valence-corrected chi connectivity index (χ2v) is 8.58. The van der Waals surface area contributed by atoms with Crippen molar-refractivity contribution < 1.29 is 9.53 Å². The second-order valence-electron chi connectivity index (χ2n) is 8.58. The first-order valence-corrected chi connectivity index (χ1v) is 12.0. The summed E-state index contributed by atoms with van der Waals surface area (Å²) in [6.45, 7) is 6.06. The van der Waals surface area contributed by atoms with Crippen molar-refractivity contribution in [3.05, 3.63) is 77.0 Å². The summed E-state index contributed by atoms with van der Waals surface area (Å²) in [4.78, 5) is 14.9. The highest BCUT2D eigenvalue weighted by Crippen LogP contribution is 2.36. The number of benzene rings is 3. The number of hydrazone groups is 1. The molecule has 1 aliphatic carbocycles. The smallest absolute Gasteiger partial charge is 0.289 e. The minimum atomic E-state index is -0.357. The minimum Gasteiger partial charge on any atom is -0.496 e. The van der Waals surface area contributed by atoms with E-state index in [0.29, 0.717) is 11.4 Å². The number of aromatic nitrogens is 2. The zero-order chi connectivity index (χ0) is 24.4. The Morgan fingerprint density at radius 1 is 1.11 bits per heavy atom. The normalized spacial score (nSPS) is 12.4. The van der Waals surface area contributed by atoms with E-state index < -0.39 is 0 Å². The summed E-state index contributed by atoms with van der Waals surface area (Å²) in [5, 5.41) is 13.9. The third-order valence-corrected chi connectivity index (χ3v) is 6.69. The van der Waals surface area contributed by atoms with Crippen LogP contribution in [0.5, 0.6) is 5.75 Å². The number of nitrogens with zero attached hydrogens (tertiary/aromatic N) is 3. The van der Waals surface area contributed by atoms with Crippen LogP contribution in [0, 0.1) is 0 Å². The number of nitrogens with one attached hydrogen (secondary N) is 2. The van der Waals surface area contributed by atoms with Gasteiger partial charge in [0.15, 0.2) is 0 Å². The Bertz CT molecular complexity index is 1410. The monoisotopic (exact) mass is 467 g/mol. The van der Waals surface area contributed by atoms with E-state index in [9.17, 15) is 4.79 Å². The molecule has 1 aliphatic rings. The van der Waals surface area contributed by atoms with Crippen LogP contribution in [0.25, 0.3) is 22.0 Å². The van der Waals surface area contributed by atoms with Gasteiger partial charge in [-0.2, -0.15) is 10.2 Å². The molecule has 0 saturated heterocycles. The van der Waals surface area contributed by atoms with E-state index in [-0.39, 0.29) is 5.91 Å². The zero-order valence-corrected chi connectivity index (χ0v) is 20.3. The van der Waals surface area contributed by atoms with Crippen molar-refractivity contribution in [3.63, 3.8) is 0 Å². The molecule has 1 heterocycles. The number of H-pyrrole nitrogens is 1. The van der Waals surface area contributed by atoms with Crippen LogP contribution in [0.1, 0.15) is 41.0 Å². The fourth-order valence-corrected chi connectivity index (χ4v) is 4.86. The summed E-state index contributed by atoms with van der Waals surface area (Å²) in [7, 11) is 1.63. The van der Waals surface area contributed by atoms with Gasteiger partial charge in [-0.1, -0.05) is 30.3 Å². The average molecular weight is 468 g/mol. The van der Waals surface area contributed by atoms with Crippen molar-refractivity contribution in [3.8, 4) is 17.0 Å². The van der Waals surface area contributed by atoms with E-state index in [0.717, 1.165) is 48.4 Å². The van der Waals surface area contributed by atoms with Crippen molar-refractivity contribution >= 4 is 28.6 Å². The number of amides is 1. The largest absolute Gasteiger partial charge is 0.496 e. The first-order chi connectivity index (χ1) is 17.1. The lowest BCUT2D eigenvalue weighted by atomic mass is 9.98. The number of ether oxygens (including phenoxy) is 1. The number of methoxy groups -OCH3 is 1. The molecule has 3 aromatic carbocycles. The Labute approximate surface area is 204 Å². The molecule has 0 bridgehead atoms. The molecule has 0 atom stereocenters. The lowest BCUT2D eigenvalue weighted by Gasteiger charge is -2.21. The Hall–Kier alpha value is -4.13. The molecular formula is C28H29N5O2. The fraction of sp³-hybridized carbons (Fsp3) is 0.250. The summed E-state index contributed by atoms with van der Waals surface area (Å²) >= 11 is 0. The first-order valence-electron chi connectivity index (χ1n) is 12.0. The van der Waals surface area contributed by atoms with E-state index in [2.05, 4.69) is 69.8 Å². The van der Waals surface area contributed by atoms with Crippen LogP contribution >= 0.6 is 0 Å². The summed E-state index contributed by atoms with van der Waals surface area (Å²) in [5.74, 6) is 0.341. The molecule has 178 valence electrons. The number of carbonyl (C=O) groups is 1. The van der Waals surface area contributed by atoms with Crippen LogP contribution in [0.4, 0.5) is 5.69 Å². The van der Waals surface area contributed by atoms with E-state index in [1.54, 1.807) is 19.4 Å². The minimum absolute atomic E-state index is 0.351. The highest BCUT2D eigenvalue weighted by atomic mass is 16.5. The Morgan fingerprint density at radius 2 is 1.91 bits per heavy atom. The highest BCUT2D eigenvalue weighted by molar-refractivity contribution is 6.02. The van der Waals surface area contributed by atoms with Crippen LogP contribution < -0.4 is 15.1 Å². The van der Waals surface area contributed by atoms with Crippen LogP contribution in [0.3, 0.4) is 0 Å². The van der Waals surface area contributed by atoms with Crippen molar-refractivity contribution in [2.24, 2.45) is 5.10 Å². The number of hydrogen-bond donors (Lipinski definition) is 2. The first kappa shape index (κ1) is 22.7. The van der Waals surface area contributed by atoms with Crippen LogP contribution in [0.2, 0.25) is 0 Å². The van der Waals surface area contributed by atoms with E-state index in [1.807, 2.05) is 18.2 Å².